The molecule has 90 valence electrons. The summed E-state index contributed by atoms with van der Waals surface area (Å²) in [6.45, 7) is 5.61. The van der Waals surface area contributed by atoms with Crippen molar-refractivity contribution < 1.29 is 24.1 Å². The van der Waals surface area contributed by atoms with Crippen molar-refractivity contribution in [3.05, 3.63) is 0 Å². The molecule has 5 heteroatoms. The molecule has 0 aliphatic carbocycles. The molecular formula is C10H20O5. The molecule has 0 aromatic heterocycles. The molecule has 0 spiro atoms. The molecule has 0 fully saturated rings. The molecule has 0 aliphatic heterocycles. The van der Waals surface area contributed by atoms with Gasteiger partial charge in [0.25, 0.3) is 0 Å². The summed E-state index contributed by atoms with van der Waals surface area (Å²) in [6.07, 6.45) is -0.823. The fourth-order valence-electron chi connectivity index (χ4n) is 0.923. The first kappa shape index (κ1) is 14.3. The zero-order valence-corrected chi connectivity index (χ0v) is 9.40. The van der Waals surface area contributed by atoms with Crippen molar-refractivity contribution in [1.29, 1.82) is 0 Å². The van der Waals surface area contributed by atoms with Gasteiger partial charge >= 0.3 is 5.97 Å². The molecule has 0 radical (unpaired) electrons. The normalized spacial score (nSPS) is 12.5. The first-order valence-electron chi connectivity index (χ1n) is 5.19. The molecule has 0 saturated heterocycles. The van der Waals surface area contributed by atoms with Crippen molar-refractivity contribution in [3.63, 3.8) is 0 Å². The van der Waals surface area contributed by atoms with Crippen LogP contribution in [-0.2, 0) is 19.0 Å². The van der Waals surface area contributed by atoms with E-state index in [1.807, 2.05) is 13.8 Å². The van der Waals surface area contributed by atoms with Crippen molar-refractivity contribution in [2.24, 2.45) is 0 Å². The van der Waals surface area contributed by atoms with Crippen molar-refractivity contribution in [3.8, 4) is 0 Å². The van der Waals surface area contributed by atoms with Crippen LogP contribution in [0.5, 0.6) is 0 Å². The van der Waals surface area contributed by atoms with E-state index >= 15 is 0 Å². The van der Waals surface area contributed by atoms with Crippen molar-refractivity contribution >= 4 is 5.97 Å². The van der Waals surface area contributed by atoms with E-state index in [0.717, 1.165) is 0 Å². The molecule has 1 atom stereocenters. The largest absolute Gasteiger partial charge is 0.463 e. The molecule has 0 rings (SSSR count). The maximum Gasteiger partial charge on any atom is 0.308 e. The highest BCUT2D eigenvalue weighted by molar-refractivity contribution is 5.69. The molecule has 0 bridgehead atoms. The van der Waals surface area contributed by atoms with Gasteiger partial charge in [0.1, 0.15) is 6.61 Å². The van der Waals surface area contributed by atoms with E-state index in [1.54, 1.807) is 0 Å². The molecule has 0 aromatic carbocycles. The van der Waals surface area contributed by atoms with Crippen LogP contribution < -0.4 is 0 Å². The molecule has 1 N–H and O–H groups in total. The zero-order chi connectivity index (χ0) is 11.5. The maximum absolute atomic E-state index is 11.1. The topological polar surface area (TPSA) is 65.0 Å². The molecule has 1 unspecified atom stereocenters. The van der Waals surface area contributed by atoms with Gasteiger partial charge < -0.3 is 19.3 Å². The van der Waals surface area contributed by atoms with Crippen LogP contribution in [0, 0.1) is 0 Å². The summed E-state index contributed by atoms with van der Waals surface area (Å²) >= 11 is 0. The van der Waals surface area contributed by atoms with Gasteiger partial charge in [-0.25, -0.2) is 0 Å². The highest BCUT2D eigenvalue weighted by Gasteiger charge is 2.11. The molecule has 15 heavy (non-hydrogen) atoms. The van der Waals surface area contributed by atoms with E-state index in [2.05, 4.69) is 0 Å². The highest BCUT2D eigenvalue weighted by Crippen LogP contribution is 1.96. The number of ether oxygens (including phenoxy) is 3. The van der Waals surface area contributed by atoms with Gasteiger partial charge in [0, 0.05) is 13.2 Å². The summed E-state index contributed by atoms with van der Waals surface area (Å²) in [6, 6.07) is 0. The molecule has 5 nitrogen and oxygen atoms in total. The summed E-state index contributed by atoms with van der Waals surface area (Å²) < 4.78 is 14.8. The molecule has 0 saturated carbocycles. The van der Waals surface area contributed by atoms with Gasteiger partial charge in [-0.15, -0.1) is 0 Å². The van der Waals surface area contributed by atoms with Crippen LogP contribution in [-0.4, -0.2) is 50.2 Å². The van der Waals surface area contributed by atoms with Crippen LogP contribution in [0.4, 0.5) is 0 Å². The molecule has 0 amide bonds. The van der Waals surface area contributed by atoms with E-state index in [4.69, 9.17) is 14.2 Å². The van der Waals surface area contributed by atoms with Crippen LogP contribution in [0.15, 0.2) is 0 Å². The number of aliphatic hydroxyl groups is 1. The number of carbonyl (C=O) groups is 1. The third-order valence-electron chi connectivity index (χ3n) is 1.61. The average molecular weight is 220 g/mol. The van der Waals surface area contributed by atoms with Crippen molar-refractivity contribution in [2.45, 2.75) is 26.4 Å². The van der Waals surface area contributed by atoms with Crippen LogP contribution in [0.2, 0.25) is 0 Å². The third-order valence-corrected chi connectivity index (χ3v) is 1.61. The number of hydrogen-bond donors (Lipinski definition) is 1. The van der Waals surface area contributed by atoms with Crippen molar-refractivity contribution in [1.82, 2.24) is 0 Å². The second-order valence-electron chi connectivity index (χ2n) is 2.93. The van der Waals surface area contributed by atoms with Crippen molar-refractivity contribution in [2.75, 3.05) is 33.0 Å². The summed E-state index contributed by atoms with van der Waals surface area (Å²) in [5, 5.41) is 9.30. The summed E-state index contributed by atoms with van der Waals surface area (Å²) in [7, 11) is 0. The minimum atomic E-state index is -0.787. The van der Waals surface area contributed by atoms with Crippen LogP contribution in [0.1, 0.15) is 20.3 Å². The second kappa shape index (κ2) is 9.89. The fraction of sp³-hybridized carbons (Fsp3) is 0.900. The lowest BCUT2D eigenvalue weighted by Gasteiger charge is -2.10. The standard InChI is InChI=1S/C10H20O5/c1-3-13-5-6-15-10(12)7-9(11)8-14-4-2/h9,11H,3-8H2,1-2H3. The Morgan fingerprint density at radius 2 is 1.87 bits per heavy atom. The molecule has 0 heterocycles. The van der Waals surface area contributed by atoms with Gasteiger partial charge in [-0.1, -0.05) is 0 Å². The number of rotatable bonds is 9. The Kier molecular flexibility index (Phi) is 9.46. The summed E-state index contributed by atoms with van der Waals surface area (Å²) in [5.74, 6) is -0.429. The quantitative estimate of drug-likeness (QED) is 0.449. The van der Waals surface area contributed by atoms with E-state index in [1.165, 1.54) is 0 Å². The van der Waals surface area contributed by atoms with Crippen LogP contribution in [0.25, 0.3) is 0 Å². The van der Waals surface area contributed by atoms with E-state index in [0.29, 0.717) is 19.8 Å². The number of hydrogen-bond acceptors (Lipinski definition) is 5. The summed E-state index contributed by atoms with van der Waals surface area (Å²) in [4.78, 5) is 11.1. The Labute approximate surface area is 90.3 Å². The summed E-state index contributed by atoms with van der Waals surface area (Å²) in [5.41, 5.74) is 0. The Morgan fingerprint density at radius 1 is 1.20 bits per heavy atom. The number of esters is 1. The first-order valence-corrected chi connectivity index (χ1v) is 5.19. The monoisotopic (exact) mass is 220 g/mol. The zero-order valence-electron chi connectivity index (χ0n) is 9.40. The van der Waals surface area contributed by atoms with Gasteiger partial charge in [0.05, 0.1) is 25.7 Å². The van der Waals surface area contributed by atoms with Crippen LogP contribution in [0.3, 0.4) is 0 Å². The lowest BCUT2D eigenvalue weighted by atomic mass is 10.3. The van der Waals surface area contributed by atoms with Gasteiger partial charge in [-0.2, -0.15) is 0 Å². The van der Waals surface area contributed by atoms with E-state index in [-0.39, 0.29) is 19.6 Å². The van der Waals surface area contributed by atoms with Gasteiger partial charge in [-0.3, -0.25) is 4.79 Å². The first-order chi connectivity index (χ1) is 7.20. The van der Waals surface area contributed by atoms with E-state index < -0.39 is 12.1 Å². The minimum absolute atomic E-state index is 0.0356. The lowest BCUT2D eigenvalue weighted by Crippen LogP contribution is -2.22. The molecule has 0 aromatic rings. The van der Waals surface area contributed by atoms with Gasteiger partial charge in [0.2, 0.25) is 0 Å². The van der Waals surface area contributed by atoms with Crippen LogP contribution >= 0.6 is 0 Å². The third kappa shape index (κ3) is 9.65. The smallest absolute Gasteiger partial charge is 0.308 e. The Hall–Kier alpha value is -0.650. The SMILES string of the molecule is CCOCCOC(=O)CC(O)COCC. The average Bonchev–Trinajstić information content (AvgIpc) is 2.21. The second-order valence-corrected chi connectivity index (χ2v) is 2.93. The maximum atomic E-state index is 11.1. The molecular weight excluding hydrogens is 200 g/mol. The number of aliphatic hydroxyl groups excluding tert-OH is 1. The molecule has 0 aliphatic rings. The van der Waals surface area contributed by atoms with E-state index in [9.17, 15) is 9.90 Å². The fourth-order valence-corrected chi connectivity index (χ4v) is 0.923. The predicted molar refractivity (Wildman–Crippen MR) is 54.6 cm³/mol. The number of carbonyl (C=O) groups excluding carboxylic acids is 1. The minimum Gasteiger partial charge on any atom is -0.463 e. The van der Waals surface area contributed by atoms with Gasteiger partial charge in [-0.05, 0) is 13.8 Å². The predicted octanol–water partition coefficient (Wildman–Crippen LogP) is 0.354. The Balaban J connectivity index is 3.38. The highest BCUT2D eigenvalue weighted by atomic mass is 16.6. The lowest BCUT2D eigenvalue weighted by molar-refractivity contribution is -0.148. The van der Waals surface area contributed by atoms with Gasteiger partial charge in [0.15, 0.2) is 0 Å². The Bertz CT molecular complexity index is 160. The Morgan fingerprint density at radius 3 is 2.47 bits per heavy atom.